The molecule has 0 aliphatic rings. The summed E-state index contributed by atoms with van der Waals surface area (Å²) < 4.78 is 0. The molecule has 2 rings (SSSR count). The van der Waals surface area contributed by atoms with E-state index in [2.05, 4.69) is 4.98 Å². The second-order valence-corrected chi connectivity index (χ2v) is 3.86. The van der Waals surface area contributed by atoms with Gasteiger partial charge < -0.3 is 15.2 Å². The van der Waals surface area contributed by atoms with Gasteiger partial charge in [0.25, 0.3) is 0 Å². The first kappa shape index (κ1) is 10.8. The van der Waals surface area contributed by atoms with Gasteiger partial charge in [-0.1, -0.05) is 18.5 Å². The lowest BCUT2D eigenvalue weighted by Gasteiger charge is -2.06. The molecule has 2 aromatic rings. The fraction of sp³-hybridized carbons (Fsp3) is 0.182. The Bertz CT molecular complexity index is 619. The van der Waals surface area contributed by atoms with Gasteiger partial charge in [0.2, 0.25) is 0 Å². The maximum Gasteiger partial charge on any atom is 0.194 e. The molecule has 0 spiro atoms. The Morgan fingerprint density at radius 1 is 1.44 bits per heavy atom. The van der Waals surface area contributed by atoms with E-state index in [0.717, 1.165) is 0 Å². The number of hydrogen-bond donors (Lipinski definition) is 3. The normalized spacial score (nSPS) is 10.9. The highest BCUT2D eigenvalue weighted by Crippen LogP contribution is 2.37. The van der Waals surface area contributed by atoms with Crippen LogP contribution in [0.25, 0.3) is 10.9 Å². The van der Waals surface area contributed by atoms with Gasteiger partial charge in [0.05, 0.1) is 15.9 Å². The van der Waals surface area contributed by atoms with Crippen molar-refractivity contribution in [2.45, 2.75) is 13.3 Å². The highest BCUT2D eigenvalue weighted by atomic mass is 35.5. The predicted molar refractivity (Wildman–Crippen MR) is 62.3 cm³/mol. The molecule has 0 aliphatic heterocycles. The molecule has 0 unspecified atom stereocenters. The summed E-state index contributed by atoms with van der Waals surface area (Å²) >= 11 is 5.84. The highest BCUT2D eigenvalue weighted by Gasteiger charge is 2.14. The summed E-state index contributed by atoms with van der Waals surface area (Å²) in [5, 5.41) is 18.9. The maximum absolute atomic E-state index is 11.9. The molecule has 0 aliphatic carbocycles. The second-order valence-electron chi connectivity index (χ2n) is 3.48. The minimum atomic E-state index is -0.465. The molecule has 0 bridgehead atoms. The lowest BCUT2D eigenvalue weighted by atomic mass is 10.1. The van der Waals surface area contributed by atoms with E-state index in [1.165, 1.54) is 6.07 Å². The summed E-state index contributed by atoms with van der Waals surface area (Å²) in [7, 11) is 0. The first-order chi connectivity index (χ1) is 7.56. The Morgan fingerprint density at radius 3 is 2.75 bits per heavy atom. The van der Waals surface area contributed by atoms with Gasteiger partial charge in [0.15, 0.2) is 16.9 Å². The van der Waals surface area contributed by atoms with E-state index in [1.807, 2.05) is 6.92 Å². The van der Waals surface area contributed by atoms with Crippen LogP contribution in [0.15, 0.2) is 17.1 Å². The van der Waals surface area contributed by atoms with E-state index >= 15 is 0 Å². The third-order valence-electron chi connectivity index (χ3n) is 2.52. The molecule has 4 nitrogen and oxygen atoms in total. The Balaban J connectivity index is 2.99. The van der Waals surface area contributed by atoms with Crippen molar-refractivity contribution in [1.82, 2.24) is 4.98 Å². The monoisotopic (exact) mass is 239 g/mol. The summed E-state index contributed by atoms with van der Waals surface area (Å²) in [5.74, 6) is -0.815. The van der Waals surface area contributed by atoms with Crippen LogP contribution < -0.4 is 5.43 Å². The highest BCUT2D eigenvalue weighted by molar-refractivity contribution is 6.37. The summed E-state index contributed by atoms with van der Waals surface area (Å²) in [5.41, 5.74) is 0.763. The molecule has 0 fully saturated rings. The van der Waals surface area contributed by atoms with E-state index in [-0.39, 0.29) is 21.6 Å². The quantitative estimate of drug-likeness (QED) is 0.668. The predicted octanol–water partition coefficient (Wildman–Crippen LogP) is 2.16. The number of phenols is 2. The van der Waals surface area contributed by atoms with Crippen molar-refractivity contribution in [1.29, 1.82) is 0 Å². The van der Waals surface area contributed by atoms with Crippen LogP contribution in [0.3, 0.4) is 0 Å². The third-order valence-corrected chi connectivity index (χ3v) is 2.89. The number of hydrogen-bond acceptors (Lipinski definition) is 3. The van der Waals surface area contributed by atoms with Crippen LogP contribution >= 0.6 is 11.6 Å². The second kappa shape index (κ2) is 3.72. The number of pyridine rings is 1. The van der Waals surface area contributed by atoms with E-state index < -0.39 is 5.75 Å². The van der Waals surface area contributed by atoms with Crippen LogP contribution in [0.1, 0.15) is 12.5 Å². The van der Waals surface area contributed by atoms with E-state index in [9.17, 15) is 15.0 Å². The molecule has 0 radical (unpaired) electrons. The van der Waals surface area contributed by atoms with Gasteiger partial charge in [-0.3, -0.25) is 4.79 Å². The summed E-state index contributed by atoms with van der Waals surface area (Å²) in [6.45, 7) is 1.85. The molecule has 0 amide bonds. The molecule has 84 valence electrons. The SMILES string of the molecule is CCc1c[nH]c2cc(O)c(O)c(Cl)c2c1=O. The van der Waals surface area contributed by atoms with Crippen LogP contribution in [-0.4, -0.2) is 15.2 Å². The van der Waals surface area contributed by atoms with Gasteiger partial charge in [-0.05, 0) is 6.42 Å². The topological polar surface area (TPSA) is 73.3 Å². The number of benzene rings is 1. The summed E-state index contributed by atoms with van der Waals surface area (Å²) in [4.78, 5) is 14.8. The van der Waals surface area contributed by atoms with Crippen molar-refractivity contribution in [2.75, 3.05) is 0 Å². The Kier molecular flexibility index (Phi) is 2.52. The molecule has 3 N–H and O–H groups in total. The molecule has 1 heterocycles. The Morgan fingerprint density at radius 2 is 2.12 bits per heavy atom. The number of fused-ring (bicyclic) bond motifs is 1. The fourth-order valence-electron chi connectivity index (χ4n) is 1.62. The molecule has 0 saturated heterocycles. The molecular formula is C11H10ClNO3. The maximum atomic E-state index is 11.9. The van der Waals surface area contributed by atoms with Gasteiger partial charge in [-0.15, -0.1) is 0 Å². The van der Waals surface area contributed by atoms with Gasteiger partial charge in [-0.2, -0.15) is 0 Å². The van der Waals surface area contributed by atoms with Crippen molar-refractivity contribution in [3.63, 3.8) is 0 Å². The number of rotatable bonds is 1. The fourth-order valence-corrected chi connectivity index (χ4v) is 1.90. The summed E-state index contributed by atoms with van der Waals surface area (Å²) in [6.07, 6.45) is 2.15. The minimum absolute atomic E-state index is 0.119. The van der Waals surface area contributed by atoms with Crippen LogP contribution in [0.5, 0.6) is 11.5 Å². The standard InChI is InChI=1S/C11H10ClNO3/c1-2-5-4-13-6-3-7(14)11(16)9(12)8(6)10(5)15/h3-4,14,16H,2H2,1H3,(H,13,15). The molecule has 1 aromatic carbocycles. The van der Waals surface area contributed by atoms with Gasteiger partial charge in [-0.25, -0.2) is 0 Å². The van der Waals surface area contributed by atoms with E-state index in [4.69, 9.17) is 11.6 Å². The number of nitrogens with one attached hydrogen (secondary N) is 1. The number of H-pyrrole nitrogens is 1. The van der Waals surface area contributed by atoms with Gasteiger partial charge >= 0.3 is 0 Å². The van der Waals surface area contributed by atoms with Crippen LogP contribution in [0.2, 0.25) is 5.02 Å². The van der Waals surface area contributed by atoms with Crippen molar-refractivity contribution < 1.29 is 10.2 Å². The van der Waals surface area contributed by atoms with Crippen LogP contribution in [0, 0.1) is 0 Å². The smallest absolute Gasteiger partial charge is 0.194 e. The number of phenolic OH excluding ortho intramolecular Hbond substituents is 2. The molecule has 0 saturated carbocycles. The van der Waals surface area contributed by atoms with Crippen LogP contribution in [-0.2, 0) is 6.42 Å². The first-order valence-corrected chi connectivity index (χ1v) is 5.18. The van der Waals surface area contributed by atoms with E-state index in [1.54, 1.807) is 6.20 Å². The number of aryl methyl sites for hydroxylation is 1. The molecular weight excluding hydrogens is 230 g/mol. The van der Waals surface area contributed by atoms with Crippen molar-refractivity contribution in [3.05, 3.63) is 33.1 Å². The van der Waals surface area contributed by atoms with Crippen molar-refractivity contribution >= 4 is 22.5 Å². The van der Waals surface area contributed by atoms with Crippen molar-refractivity contribution in [3.8, 4) is 11.5 Å². The van der Waals surface area contributed by atoms with Gasteiger partial charge in [0.1, 0.15) is 0 Å². The number of halogens is 1. The third kappa shape index (κ3) is 1.42. The Labute approximate surface area is 96.1 Å². The first-order valence-electron chi connectivity index (χ1n) is 4.81. The zero-order valence-corrected chi connectivity index (χ0v) is 9.30. The molecule has 5 heteroatoms. The number of aromatic nitrogens is 1. The average molecular weight is 240 g/mol. The Hall–Kier alpha value is -1.68. The van der Waals surface area contributed by atoms with Crippen LogP contribution in [0.4, 0.5) is 0 Å². The molecule has 0 atom stereocenters. The van der Waals surface area contributed by atoms with E-state index in [0.29, 0.717) is 17.5 Å². The zero-order valence-electron chi connectivity index (χ0n) is 8.54. The molecule has 16 heavy (non-hydrogen) atoms. The zero-order chi connectivity index (χ0) is 11.9. The lowest BCUT2D eigenvalue weighted by molar-refractivity contribution is 0.405. The largest absolute Gasteiger partial charge is 0.504 e. The lowest BCUT2D eigenvalue weighted by Crippen LogP contribution is -2.09. The summed E-state index contributed by atoms with van der Waals surface area (Å²) in [6, 6.07) is 1.28. The number of aromatic amines is 1. The molecule has 1 aromatic heterocycles. The minimum Gasteiger partial charge on any atom is -0.504 e. The average Bonchev–Trinajstić information content (AvgIpc) is 2.26. The van der Waals surface area contributed by atoms with Crippen molar-refractivity contribution in [2.24, 2.45) is 0 Å². The number of aromatic hydroxyl groups is 2. The van der Waals surface area contributed by atoms with Gasteiger partial charge in [0, 0.05) is 17.8 Å².